The average Bonchev–Trinajstić information content (AvgIpc) is 3.43. The third-order valence-corrected chi connectivity index (χ3v) is 19.1. The fourth-order valence-corrected chi connectivity index (χ4v) is 15.0. The first-order chi connectivity index (χ1) is 37.7. The Balaban J connectivity index is 0.00000489. The molecule has 0 aliphatic heterocycles. The maximum Gasteiger partial charge on any atom is 0.249 e. The van der Waals surface area contributed by atoms with E-state index in [0.29, 0.717) is 0 Å². The lowest BCUT2D eigenvalue weighted by molar-refractivity contribution is -0.275. The number of hydrogen-bond donors (Lipinski definition) is 1. The molecule has 3 aromatic carbocycles. The van der Waals surface area contributed by atoms with Crippen LogP contribution in [0.2, 0.25) is 0 Å². The van der Waals surface area contributed by atoms with Crippen molar-refractivity contribution in [1.82, 2.24) is 0 Å². The number of benzene rings is 3. The molecule has 3 nitrogen and oxygen atoms in total. The molecule has 0 amide bonds. The van der Waals surface area contributed by atoms with Gasteiger partial charge in [-0.3, -0.25) is 0 Å². The van der Waals surface area contributed by atoms with E-state index in [1.807, 2.05) is 14.7 Å². The maximum absolute atomic E-state index is 8.44. The first kappa shape index (κ1) is 70.4. The van der Waals surface area contributed by atoms with Gasteiger partial charge in [0.2, 0.25) is 6.16 Å². The summed E-state index contributed by atoms with van der Waals surface area (Å²) in [5.41, 5.74) is 15.5. The van der Waals surface area contributed by atoms with E-state index in [1.54, 1.807) is 50.1 Å². The quantitative estimate of drug-likeness (QED) is 0.0453. The SMILES string of the molecule is CCCCCCc1cc(CCCCCC)c([S+](c2c(CCCCCC)cc(CCCCCC)cc2CCCCCC)c2c(CCCCCC)cc(CCCCCC)cc2CCCCCC)c(CCCCCC)c1.O=C([O-])O. The van der Waals surface area contributed by atoms with Crippen molar-refractivity contribution in [2.45, 2.75) is 366 Å². The van der Waals surface area contributed by atoms with Crippen LogP contribution in [-0.4, -0.2) is 11.3 Å². The van der Waals surface area contributed by atoms with E-state index in [4.69, 9.17) is 15.0 Å². The molecule has 0 saturated heterocycles. The highest BCUT2D eigenvalue weighted by molar-refractivity contribution is 7.97. The van der Waals surface area contributed by atoms with Crippen LogP contribution in [0.1, 0.15) is 344 Å². The zero-order valence-electron chi connectivity index (χ0n) is 52.5. The smallest absolute Gasteiger partial charge is 0.249 e. The zero-order chi connectivity index (χ0) is 56.1. The Labute approximate surface area is 481 Å². The molecule has 0 heterocycles. The normalized spacial score (nSPS) is 11.5. The maximum atomic E-state index is 8.44. The van der Waals surface area contributed by atoms with Crippen molar-refractivity contribution in [3.63, 3.8) is 0 Å². The van der Waals surface area contributed by atoms with E-state index >= 15 is 0 Å². The predicted molar refractivity (Wildman–Crippen MR) is 340 cm³/mol. The van der Waals surface area contributed by atoms with Gasteiger partial charge in [-0.1, -0.05) is 272 Å². The van der Waals surface area contributed by atoms with Crippen LogP contribution in [0.4, 0.5) is 4.79 Å². The number of carboxylic acid groups (broad SMARTS) is 2. The van der Waals surface area contributed by atoms with Crippen LogP contribution in [0.5, 0.6) is 0 Å². The largest absolute Gasteiger partial charge is 0.565 e. The van der Waals surface area contributed by atoms with Gasteiger partial charge in [-0.25, -0.2) is 0 Å². The number of rotatable bonds is 48. The Bertz CT molecular complexity index is 1600. The second-order valence-electron chi connectivity index (χ2n) is 23.6. The number of hydrogen-bond acceptors (Lipinski definition) is 2. The highest BCUT2D eigenvalue weighted by atomic mass is 32.2. The average molecular weight is 1080 g/mol. The Morgan fingerprint density at radius 1 is 0.286 bits per heavy atom. The molecular formula is C73H124O3S. The summed E-state index contributed by atoms with van der Waals surface area (Å²) in [5, 5.41) is 15.3. The number of aryl methyl sites for hydroxylation is 9. The standard InChI is InChI=1S/C72H123S.CH2O3/c1-10-19-28-37-46-61-55-64(49-40-31-22-13-4)70(65(56-61)50-41-32-23-14-5)73(71-66(51-42-33-24-15-6)57-62(47-38-29-20-11-2)58-67(71)52-43-34-25-16-7)72-68(53-44-35-26-17-8)59-63(48-39-30-21-12-3)60-69(72)54-45-36-27-18-9;2-1(3)4/h55-60H,10-54H2,1-9H3;(H2,2,3,4)/q+1;/p-1. The van der Waals surface area contributed by atoms with Gasteiger partial charge in [0.25, 0.3) is 0 Å². The van der Waals surface area contributed by atoms with Crippen LogP contribution in [0.3, 0.4) is 0 Å². The third kappa shape index (κ3) is 30.1. The second kappa shape index (κ2) is 47.0. The van der Waals surface area contributed by atoms with Crippen molar-refractivity contribution in [1.29, 1.82) is 0 Å². The lowest BCUT2D eigenvalue weighted by atomic mass is 9.94. The molecule has 0 unspecified atom stereocenters. The molecular weight excluding hydrogens is 957 g/mol. The molecule has 440 valence electrons. The van der Waals surface area contributed by atoms with E-state index < -0.39 is 6.16 Å². The van der Waals surface area contributed by atoms with Crippen molar-refractivity contribution in [3.05, 3.63) is 86.5 Å². The summed E-state index contributed by atoms with van der Waals surface area (Å²) < 4.78 is 0. The molecule has 3 rings (SSSR count). The van der Waals surface area contributed by atoms with Gasteiger partial charge in [0.15, 0.2) is 14.7 Å². The Hall–Kier alpha value is -2.72. The van der Waals surface area contributed by atoms with Crippen LogP contribution in [0.25, 0.3) is 0 Å². The summed E-state index contributed by atoms with van der Waals surface area (Å²) in [6.45, 7) is 21.6. The molecule has 0 spiro atoms. The van der Waals surface area contributed by atoms with Gasteiger partial charge in [0.05, 0.1) is 0 Å². The molecule has 77 heavy (non-hydrogen) atoms. The minimum absolute atomic E-state index is 0.178. The van der Waals surface area contributed by atoms with Gasteiger partial charge in [-0.2, -0.15) is 0 Å². The van der Waals surface area contributed by atoms with Gasteiger partial charge < -0.3 is 15.0 Å². The summed E-state index contributed by atoms with van der Waals surface area (Å²) in [7, 11) is -0.178. The molecule has 0 fully saturated rings. The Morgan fingerprint density at radius 3 is 0.571 bits per heavy atom. The summed E-state index contributed by atoms with van der Waals surface area (Å²) in [6.07, 6.45) is 57.2. The summed E-state index contributed by atoms with van der Waals surface area (Å²) in [5.74, 6) is 0. The fraction of sp³-hybridized carbons (Fsp3) is 0.740. The second-order valence-corrected chi connectivity index (χ2v) is 25.4. The minimum atomic E-state index is -2.08. The fourth-order valence-electron chi connectivity index (χ4n) is 11.8. The van der Waals surface area contributed by atoms with E-state index in [9.17, 15) is 0 Å². The monoisotopic (exact) mass is 1080 g/mol. The molecule has 1 N–H and O–H groups in total. The highest BCUT2D eigenvalue weighted by Gasteiger charge is 2.41. The van der Waals surface area contributed by atoms with E-state index in [-0.39, 0.29) is 10.9 Å². The molecule has 3 aromatic rings. The Kier molecular flexibility index (Phi) is 42.9. The van der Waals surface area contributed by atoms with E-state index in [0.717, 1.165) is 0 Å². The van der Waals surface area contributed by atoms with Crippen molar-refractivity contribution >= 4 is 17.1 Å². The number of carbonyl (C=O) groups is 1. The summed E-state index contributed by atoms with van der Waals surface area (Å²) in [4.78, 5) is 13.9. The lowest BCUT2D eigenvalue weighted by Gasteiger charge is -2.26. The molecule has 0 aliphatic carbocycles. The number of unbranched alkanes of at least 4 members (excludes halogenated alkanes) is 27. The van der Waals surface area contributed by atoms with Crippen LogP contribution >= 0.6 is 0 Å². The summed E-state index contributed by atoms with van der Waals surface area (Å²) >= 11 is 0. The molecule has 0 radical (unpaired) electrons. The highest BCUT2D eigenvalue weighted by Crippen LogP contribution is 2.46. The van der Waals surface area contributed by atoms with Gasteiger partial charge >= 0.3 is 0 Å². The first-order valence-corrected chi connectivity index (χ1v) is 35.0. The molecule has 0 aromatic heterocycles. The zero-order valence-corrected chi connectivity index (χ0v) is 53.3. The van der Waals surface area contributed by atoms with E-state index in [2.05, 4.69) is 98.7 Å². The predicted octanol–water partition coefficient (Wildman–Crippen LogP) is 22.8. The van der Waals surface area contributed by atoms with Crippen LogP contribution in [0.15, 0.2) is 51.1 Å². The van der Waals surface area contributed by atoms with Gasteiger partial charge in [0.1, 0.15) is 10.9 Å². The van der Waals surface area contributed by atoms with Gasteiger partial charge in [-0.05, 0) is 132 Å². The third-order valence-electron chi connectivity index (χ3n) is 16.3. The van der Waals surface area contributed by atoms with Crippen LogP contribution in [-0.2, 0) is 68.7 Å². The molecule has 4 heteroatoms. The molecule has 0 saturated carbocycles. The first-order valence-electron chi connectivity index (χ1n) is 33.8. The van der Waals surface area contributed by atoms with Crippen molar-refractivity contribution in [2.75, 3.05) is 0 Å². The van der Waals surface area contributed by atoms with Crippen molar-refractivity contribution < 1.29 is 15.0 Å². The van der Waals surface area contributed by atoms with E-state index in [1.165, 1.54) is 289 Å². The topological polar surface area (TPSA) is 60.4 Å². The molecule has 0 aliphatic rings. The van der Waals surface area contributed by atoms with Crippen molar-refractivity contribution in [2.24, 2.45) is 0 Å². The van der Waals surface area contributed by atoms with Crippen LogP contribution in [0, 0.1) is 0 Å². The summed E-state index contributed by atoms with van der Waals surface area (Å²) in [6, 6.07) is 17.1. The Morgan fingerprint density at radius 2 is 0.429 bits per heavy atom. The molecule has 0 bridgehead atoms. The van der Waals surface area contributed by atoms with Gasteiger partial charge in [0, 0.05) is 33.4 Å². The minimum Gasteiger partial charge on any atom is -0.565 e. The molecule has 0 atom stereocenters. The lowest BCUT2D eigenvalue weighted by Crippen LogP contribution is -2.20. The van der Waals surface area contributed by atoms with Crippen LogP contribution < -0.4 is 5.11 Å². The van der Waals surface area contributed by atoms with Crippen molar-refractivity contribution in [3.8, 4) is 0 Å². The van der Waals surface area contributed by atoms with Gasteiger partial charge in [-0.15, -0.1) is 0 Å².